The Morgan fingerprint density at radius 2 is 2.08 bits per heavy atom. The number of hydrogen-bond acceptors (Lipinski definition) is 1. The van der Waals surface area contributed by atoms with E-state index in [4.69, 9.17) is 4.74 Å². The van der Waals surface area contributed by atoms with Gasteiger partial charge in [0.2, 0.25) is 0 Å². The summed E-state index contributed by atoms with van der Waals surface area (Å²) in [6, 6.07) is 10.6. The zero-order valence-electron chi connectivity index (χ0n) is 8.07. The van der Waals surface area contributed by atoms with Crippen LogP contribution in [0.1, 0.15) is 18.9 Å². The molecule has 13 heavy (non-hydrogen) atoms. The average molecular weight is 176 g/mol. The van der Waals surface area contributed by atoms with Crippen molar-refractivity contribution in [1.29, 1.82) is 0 Å². The fourth-order valence-electron chi connectivity index (χ4n) is 1.90. The fraction of sp³-hybridized carbons (Fsp3) is 0.500. The minimum Gasteiger partial charge on any atom is -0.378 e. The van der Waals surface area contributed by atoms with Gasteiger partial charge in [-0.15, -0.1) is 0 Å². The Labute approximate surface area is 79.7 Å². The van der Waals surface area contributed by atoms with E-state index in [-0.39, 0.29) is 0 Å². The van der Waals surface area contributed by atoms with Gasteiger partial charge < -0.3 is 4.74 Å². The van der Waals surface area contributed by atoms with Crippen molar-refractivity contribution in [2.45, 2.75) is 25.9 Å². The molecule has 0 radical (unpaired) electrons. The molecule has 0 saturated carbocycles. The van der Waals surface area contributed by atoms with Crippen molar-refractivity contribution in [3.05, 3.63) is 35.9 Å². The van der Waals surface area contributed by atoms with Crippen LogP contribution in [-0.4, -0.2) is 12.7 Å². The van der Waals surface area contributed by atoms with Crippen molar-refractivity contribution < 1.29 is 4.74 Å². The Morgan fingerprint density at radius 1 is 1.31 bits per heavy atom. The summed E-state index contributed by atoms with van der Waals surface area (Å²) in [4.78, 5) is 0. The van der Waals surface area contributed by atoms with Gasteiger partial charge in [-0.05, 0) is 24.3 Å². The Balaban J connectivity index is 1.92. The van der Waals surface area contributed by atoms with Crippen LogP contribution < -0.4 is 0 Å². The van der Waals surface area contributed by atoms with Gasteiger partial charge >= 0.3 is 0 Å². The minimum atomic E-state index is 0.456. The number of ether oxygens (including phenoxy) is 1. The summed E-state index contributed by atoms with van der Waals surface area (Å²) < 4.78 is 5.67. The smallest absolute Gasteiger partial charge is 0.0618 e. The first-order chi connectivity index (χ1) is 6.34. The lowest BCUT2D eigenvalue weighted by Crippen LogP contribution is -2.08. The van der Waals surface area contributed by atoms with Crippen LogP contribution in [0, 0.1) is 5.92 Å². The summed E-state index contributed by atoms with van der Waals surface area (Å²) >= 11 is 0. The summed E-state index contributed by atoms with van der Waals surface area (Å²) in [5.41, 5.74) is 1.39. The molecule has 1 heteroatoms. The third kappa shape index (κ3) is 2.31. The summed E-state index contributed by atoms with van der Waals surface area (Å²) in [6.07, 6.45) is 2.75. The van der Waals surface area contributed by atoms with E-state index in [1.807, 2.05) is 0 Å². The Hall–Kier alpha value is -0.820. The number of benzene rings is 1. The van der Waals surface area contributed by atoms with Gasteiger partial charge in [0.25, 0.3) is 0 Å². The molecule has 0 spiro atoms. The maximum atomic E-state index is 5.67. The van der Waals surface area contributed by atoms with E-state index in [1.165, 1.54) is 12.0 Å². The summed E-state index contributed by atoms with van der Waals surface area (Å²) in [6.45, 7) is 3.20. The van der Waals surface area contributed by atoms with Crippen LogP contribution in [0.5, 0.6) is 0 Å². The first kappa shape index (κ1) is 8.76. The molecule has 0 unspecified atom stereocenters. The first-order valence-electron chi connectivity index (χ1n) is 5.00. The number of rotatable bonds is 2. The molecule has 1 fully saturated rings. The molecule has 1 nitrogen and oxygen atoms in total. The molecule has 1 heterocycles. The molecular weight excluding hydrogens is 160 g/mol. The van der Waals surface area contributed by atoms with Gasteiger partial charge in [0.1, 0.15) is 0 Å². The summed E-state index contributed by atoms with van der Waals surface area (Å²) in [7, 11) is 0. The van der Waals surface area contributed by atoms with Gasteiger partial charge in [-0.2, -0.15) is 0 Å². The highest BCUT2D eigenvalue weighted by Gasteiger charge is 2.21. The van der Waals surface area contributed by atoms with Crippen molar-refractivity contribution in [1.82, 2.24) is 0 Å². The van der Waals surface area contributed by atoms with Gasteiger partial charge in [0.05, 0.1) is 6.10 Å². The molecule has 0 amide bonds. The predicted molar refractivity (Wildman–Crippen MR) is 53.7 cm³/mol. The summed E-state index contributed by atoms with van der Waals surface area (Å²) in [5, 5.41) is 0. The molecule has 1 saturated heterocycles. The maximum absolute atomic E-state index is 5.67. The van der Waals surface area contributed by atoms with Crippen molar-refractivity contribution in [3.63, 3.8) is 0 Å². The molecule has 2 atom stereocenters. The first-order valence-corrected chi connectivity index (χ1v) is 5.00. The lowest BCUT2D eigenvalue weighted by atomic mass is 10.0. The average Bonchev–Trinajstić information content (AvgIpc) is 2.53. The van der Waals surface area contributed by atoms with Gasteiger partial charge in [0, 0.05) is 6.61 Å². The molecule has 70 valence electrons. The van der Waals surface area contributed by atoms with Gasteiger partial charge in [-0.1, -0.05) is 37.3 Å². The second-order valence-electron chi connectivity index (χ2n) is 3.99. The van der Waals surface area contributed by atoms with E-state index in [2.05, 4.69) is 37.3 Å². The SMILES string of the molecule is C[C@H]1CO[C@H](Cc2ccccc2)C1. The topological polar surface area (TPSA) is 9.23 Å². The third-order valence-corrected chi connectivity index (χ3v) is 2.59. The van der Waals surface area contributed by atoms with Crippen molar-refractivity contribution in [2.24, 2.45) is 5.92 Å². The molecular formula is C12H16O. The predicted octanol–water partition coefficient (Wildman–Crippen LogP) is 2.65. The van der Waals surface area contributed by atoms with E-state index in [1.54, 1.807) is 0 Å². The van der Waals surface area contributed by atoms with Crippen LogP contribution in [0.4, 0.5) is 0 Å². The number of hydrogen-bond donors (Lipinski definition) is 0. The van der Waals surface area contributed by atoms with Crippen LogP contribution in [0.15, 0.2) is 30.3 Å². The fourth-order valence-corrected chi connectivity index (χ4v) is 1.90. The molecule has 0 N–H and O–H groups in total. The molecule has 0 aliphatic carbocycles. The highest BCUT2D eigenvalue weighted by Crippen LogP contribution is 2.21. The van der Waals surface area contributed by atoms with E-state index in [0.717, 1.165) is 18.9 Å². The summed E-state index contributed by atoms with van der Waals surface area (Å²) in [5.74, 6) is 0.744. The molecule has 1 aromatic rings. The zero-order chi connectivity index (χ0) is 9.10. The Kier molecular flexibility index (Phi) is 2.65. The van der Waals surface area contributed by atoms with Gasteiger partial charge in [-0.3, -0.25) is 0 Å². The lowest BCUT2D eigenvalue weighted by Gasteiger charge is -2.08. The van der Waals surface area contributed by atoms with Crippen LogP contribution in [-0.2, 0) is 11.2 Å². The van der Waals surface area contributed by atoms with E-state index in [0.29, 0.717) is 6.10 Å². The lowest BCUT2D eigenvalue weighted by molar-refractivity contribution is 0.108. The Morgan fingerprint density at radius 3 is 2.69 bits per heavy atom. The van der Waals surface area contributed by atoms with Crippen molar-refractivity contribution in [2.75, 3.05) is 6.61 Å². The van der Waals surface area contributed by atoms with E-state index in [9.17, 15) is 0 Å². The Bertz CT molecular complexity index is 255. The third-order valence-electron chi connectivity index (χ3n) is 2.59. The molecule has 0 aromatic heterocycles. The second kappa shape index (κ2) is 3.93. The normalized spacial score (nSPS) is 27.8. The van der Waals surface area contributed by atoms with Crippen LogP contribution >= 0.6 is 0 Å². The molecule has 2 rings (SSSR count). The molecule has 0 bridgehead atoms. The highest BCUT2D eigenvalue weighted by molar-refractivity contribution is 5.15. The van der Waals surface area contributed by atoms with Crippen LogP contribution in [0.3, 0.4) is 0 Å². The van der Waals surface area contributed by atoms with Gasteiger partial charge in [0.15, 0.2) is 0 Å². The molecule has 1 aliphatic rings. The standard InChI is InChI=1S/C12H16O/c1-10-7-12(13-9-10)8-11-5-3-2-4-6-11/h2-6,10,12H,7-9H2,1H3/t10-,12+/m1/s1. The van der Waals surface area contributed by atoms with E-state index < -0.39 is 0 Å². The maximum Gasteiger partial charge on any atom is 0.0618 e. The van der Waals surface area contributed by atoms with Crippen molar-refractivity contribution >= 4 is 0 Å². The quantitative estimate of drug-likeness (QED) is 0.673. The van der Waals surface area contributed by atoms with Crippen LogP contribution in [0.25, 0.3) is 0 Å². The van der Waals surface area contributed by atoms with Crippen molar-refractivity contribution in [3.8, 4) is 0 Å². The molecule has 1 aromatic carbocycles. The zero-order valence-corrected chi connectivity index (χ0v) is 8.07. The monoisotopic (exact) mass is 176 g/mol. The molecule has 1 aliphatic heterocycles. The largest absolute Gasteiger partial charge is 0.378 e. The van der Waals surface area contributed by atoms with Gasteiger partial charge in [-0.25, -0.2) is 0 Å². The van der Waals surface area contributed by atoms with Crippen LogP contribution in [0.2, 0.25) is 0 Å². The minimum absolute atomic E-state index is 0.456. The highest BCUT2D eigenvalue weighted by atomic mass is 16.5. The second-order valence-corrected chi connectivity index (χ2v) is 3.99. The van der Waals surface area contributed by atoms with E-state index >= 15 is 0 Å².